The molecule has 19 heavy (non-hydrogen) atoms. The molecule has 0 saturated carbocycles. The van der Waals surface area contributed by atoms with Crippen LogP contribution in [0.15, 0.2) is 41.5 Å². The van der Waals surface area contributed by atoms with E-state index in [0.717, 1.165) is 24.0 Å². The fourth-order valence-corrected chi connectivity index (χ4v) is 2.65. The van der Waals surface area contributed by atoms with Crippen LogP contribution in [-0.2, 0) is 16.0 Å². The zero-order chi connectivity index (χ0) is 13.8. The average molecular weight is 297 g/mol. The summed E-state index contributed by atoms with van der Waals surface area (Å²) in [6, 6.07) is 8.02. The van der Waals surface area contributed by atoms with Gasteiger partial charge in [-0.15, -0.1) is 11.6 Å². The van der Waals surface area contributed by atoms with E-state index in [1.54, 1.807) is 6.08 Å². The summed E-state index contributed by atoms with van der Waals surface area (Å²) in [6.07, 6.45) is 3.46. The van der Waals surface area contributed by atoms with Gasteiger partial charge in [0.05, 0.1) is 23.6 Å². The number of ether oxygens (including phenoxy) is 1. The molecule has 0 amide bonds. The van der Waals surface area contributed by atoms with Crippen LogP contribution < -0.4 is 0 Å². The van der Waals surface area contributed by atoms with E-state index < -0.39 is 5.97 Å². The van der Waals surface area contributed by atoms with Gasteiger partial charge in [0.25, 0.3) is 0 Å². The Kier molecular flexibility index (Phi) is 4.67. The first kappa shape index (κ1) is 14.2. The van der Waals surface area contributed by atoms with E-state index in [9.17, 15) is 4.79 Å². The lowest BCUT2D eigenvalue weighted by Gasteiger charge is -2.18. The standard InChI is InChI=1S/C15H14Cl2O2/c1-19-15(18)12(9-16)8-11-7-6-10-4-2-3-5-13(10)14(11)17/h2-5,8H,6-7,9H2,1H3/b12-8+. The number of hydrogen-bond acceptors (Lipinski definition) is 2. The van der Waals surface area contributed by atoms with Crippen LogP contribution in [0, 0.1) is 0 Å². The van der Waals surface area contributed by atoms with Gasteiger partial charge in [-0.1, -0.05) is 35.9 Å². The SMILES string of the molecule is COC(=O)/C(=C/C1=C(Cl)c2ccccc2CC1)CCl. The van der Waals surface area contributed by atoms with Crippen molar-refractivity contribution in [1.82, 2.24) is 0 Å². The van der Waals surface area contributed by atoms with Gasteiger partial charge in [-0.2, -0.15) is 0 Å². The van der Waals surface area contributed by atoms with Crippen molar-refractivity contribution >= 4 is 34.2 Å². The molecule has 1 aromatic carbocycles. The first-order valence-corrected chi connectivity index (χ1v) is 6.90. The average Bonchev–Trinajstić information content (AvgIpc) is 2.46. The Morgan fingerprint density at radius 1 is 1.37 bits per heavy atom. The maximum Gasteiger partial charge on any atom is 0.334 e. The third-order valence-corrected chi connectivity index (χ3v) is 3.87. The van der Waals surface area contributed by atoms with Crippen LogP contribution in [0.3, 0.4) is 0 Å². The Balaban J connectivity index is 2.41. The molecule has 2 rings (SSSR count). The fourth-order valence-electron chi connectivity index (χ4n) is 2.13. The quantitative estimate of drug-likeness (QED) is 0.480. The van der Waals surface area contributed by atoms with Crippen LogP contribution in [0.4, 0.5) is 0 Å². The Labute approximate surface area is 122 Å². The van der Waals surface area contributed by atoms with Gasteiger partial charge in [-0.25, -0.2) is 4.79 Å². The molecule has 0 aromatic heterocycles. The molecule has 0 N–H and O–H groups in total. The second kappa shape index (κ2) is 6.27. The van der Waals surface area contributed by atoms with E-state index in [-0.39, 0.29) is 5.88 Å². The molecular weight excluding hydrogens is 283 g/mol. The van der Waals surface area contributed by atoms with Crippen LogP contribution >= 0.6 is 23.2 Å². The minimum Gasteiger partial charge on any atom is -0.466 e. The number of esters is 1. The number of carbonyl (C=O) groups is 1. The topological polar surface area (TPSA) is 26.3 Å². The van der Waals surface area contributed by atoms with Gasteiger partial charge in [0.2, 0.25) is 0 Å². The zero-order valence-electron chi connectivity index (χ0n) is 10.6. The molecule has 4 heteroatoms. The highest BCUT2D eigenvalue weighted by Crippen LogP contribution is 2.35. The number of allylic oxidation sites excluding steroid dienone is 2. The van der Waals surface area contributed by atoms with Crippen molar-refractivity contribution in [2.45, 2.75) is 12.8 Å². The van der Waals surface area contributed by atoms with E-state index in [1.165, 1.54) is 12.7 Å². The third-order valence-electron chi connectivity index (χ3n) is 3.14. The largest absolute Gasteiger partial charge is 0.466 e. The number of rotatable bonds is 3. The molecule has 2 nitrogen and oxygen atoms in total. The number of carbonyl (C=O) groups excluding carboxylic acids is 1. The lowest BCUT2D eigenvalue weighted by Crippen LogP contribution is -2.08. The summed E-state index contributed by atoms with van der Waals surface area (Å²) in [5, 5.41) is 0.688. The van der Waals surface area contributed by atoms with Gasteiger partial charge in [0, 0.05) is 0 Å². The van der Waals surface area contributed by atoms with Crippen LogP contribution in [0.25, 0.3) is 5.03 Å². The van der Waals surface area contributed by atoms with Crippen molar-refractivity contribution in [3.63, 3.8) is 0 Å². The van der Waals surface area contributed by atoms with Gasteiger partial charge < -0.3 is 4.74 Å². The first-order valence-electron chi connectivity index (χ1n) is 5.99. The maximum absolute atomic E-state index is 11.5. The van der Waals surface area contributed by atoms with Gasteiger partial charge in [0.15, 0.2) is 0 Å². The van der Waals surface area contributed by atoms with Crippen LogP contribution in [0.2, 0.25) is 0 Å². The molecule has 1 aromatic rings. The number of halogens is 2. The van der Waals surface area contributed by atoms with E-state index in [4.69, 9.17) is 27.9 Å². The molecule has 0 fully saturated rings. The number of methoxy groups -OCH3 is 1. The predicted octanol–water partition coefficient (Wildman–Crippen LogP) is 3.92. The first-order chi connectivity index (χ1) is 9.17. The molecule has 0 unspecified atom stereocenters. The molecule has 1 aliphatic carbocycles. The van der Waals surface area contributed by atoms with Crippen molar-refractivity contribution in [3.8, 4) is 0 Å². The Hall–Kier alpha value is -1.25. The molecule has 0 saturated heterocycles. The number of benzene rings is 1. The van der Waals surface area contributed by atoms with E-state index in [2.05, 4.69) is 6.07 Å². The maximum atomic E-state index is 11.5. The molecule has 0 radical (unpaired) electrons. The van der Waals surface area contributed by atoms with Gasteiger partial charge in [-0.3, -0.25) is 0 Å². The van der Waals surface area contributed by atoms with Gasteiger partial charge in [-0.05, 0) is 35.6 Å². The molecule has 0 spiro atoms. The monoisotopic (exact) mass is 296 g/mol. The molecule has 0 aliphatic heterocycles. The second-order valence-corrected chi connectivity index (χ2v) is 4.94. The Morgan fingerprint density at radius 3 is 2.79 bits per heavy atom. The van der Waals surface area contributed by atoms with Gasteiger partial charge >= 0.3 is 5.97 Å². The van der Waals surface area contributed by atoms with Gasteiger partial charge in [0.1, 0.15) is 0 Å². The Bertz CT molecular complexity index is 559. The molecule has 0 atom stereocenters. The summed E-state index contributed by atoms with van der Waals surface area (Å²) in [5.41, 5.74) is 3.62. The summed E-state index contributed by atoms with van der Waals surface area (Å²) < 4.78 is 4.69. The zero-order valence-corrected chi connectivity index (χ0v) is 12.1. The number of alkyl halides is 1. The summed E-state index contributed by atoms with van der Waals surface area (Å²) in [6.45, 7) is 0. The smallest absolute Gasteiger partial charge is 0.334 e. The van der Waals surface area contributed by atoms with Crippen LogP contribution in [0.1, 0.15) is 17.5 Å². The fraction of sp³-hybridized carbons (Fsp3) is 0.267. The number of hydrogen-bond donors (Lipinski definition) is 0. The molecule has 100 valence electrons. The van der Waals surface area contributed by atoms with E-state index in [0.29, 0.717) is 10.6 Å². The van der Waals surface area contributed by atoms with Crippen molar-refractivity contribution in [3.05, 3.63) is 52.6 Å². The van der Waals surface area contributed by atoms with E-state index >= 15 is 0 Å². The highest BCUT2D eigenvalue weighted by atomic mass is 35.5. The number of aryl methyl sites for hydroxylation is 1. The van der Waals surface area contributed by atoms with Crippen molar-refractivity contribution in [1.29, 1.82) is 0 Å². The molecule has 0 bridgehead atoms. The van der Waals surface area contributed by atoms with Crippen molar-refractivity contribution in [2.24, 2.45) is 0 Å². The molecule has 1 aliphatic rings. The number of fused-ring (bicyclic) bond motifs is 1. The second-order valence-electron chi connectivity index (χ2n) is 4.29. The van der Waals surface area contributed by atoms with Crippen LogP contribution in [-0.4, -0.2) is 19.0 Å². The summed E-state index contributed by atoms with van der Waals surface area (Å²) in [4.78, 5) is 11.5. The van der Waals surface area contributed by atoms with Crippen molar-refractivity contribution in [2.75, 3.05) is 13.0 Å². The summed E-state index contributed by atoms with van der Waals surface area (Å²) >= 11 is 12.2. The lowest BCUT2D eigenvalue weighted by molar-refractivity contribution is -0.135. The minimum atomic E-state index is -0.411. The van der Waals surface area contributed by atoms with E-state index in [1.807, 2.05) is 18.2 Å². The van der Waals surface area contributed by atoms with Crippen LogP contribution in [0.5, 0.6) is 0 Å². The normalized spacial score (nSPS) is 15.2. The summed E-state index contributed by atoms with van der Waals surface area (Å²) in [5.74, 6) is -0.298. The lowest BCUT2D eigenvalue weighted by atomic mass is 9.91. The summed E-state index contributed by atoms with van der Waals surface area (Å²) in [7, 11) is 1.34. The molecule has 0 heterocycles. The predicted molar refractivity (Wildman–Crippen MR) is 78.4 cm³/mol. The third kappa shape index (κ3) is 3.02. The highest BCUT2D eigenvalue weighted by molar-refractivity contribution is 6.49. The Morgan fingerprint density at radius 2 is 2.11 bits per heavy atom. The molecular formula is C15H14Cl2O2. The minimum absolute atomic E-state index is 0.113. The van der Waals surface area contributed by atoms with Crippen molar-refractivity contribution < 1.29 is 9.53 Å². The highest BCUT2D eigenvalue weighted by Gasteiger charge is 2.17.